The lowest BCUT2D eigenvalue weighted by Crippen LogP contribution is -2.35. The zero-order valence-electron chi connectivity index (χ0n) is 13.5. The van der Waals surface area contributed by atoms with Crippen LogP contribution < -0.4 is 11.1 Å². The van der Waals surface area contributed by atoms with Crippen LogP contribution in [0.4, 0.5) is 0 Å². The summed E-state index contributed by atoms with van der Waals surface area (Å²) in [6, 6.07) is 7.56. The van der Waals surface area contributed by atoms with Gasteiger partial charge in [-0.15, -0.1) is 0 Å². The maximum absolute atomic E-state index is 12.1. The van der Waals surface area contributed by atoms with Gasteiger partial charge in [0.25, 0.3) is 0 Å². The third-order valence-corrected chi connectivity index (χ3v) is 4.45. The summed E-state index contributed by atoms with van der Waals surface area (Å²) in [7, 11) is 0. The van der Waals surface area contributed by atoms with E-state index in [2.05, 4.69) is 19.2 Å². The van der Waals surface area contributed by atoms with Crippen LogP contribution in [0, 0.1) is 11.8 Å². The number of hydrogen-bond donors (Lipinski definition) is 2. The van der Waals surface area contributed by atoms with E-state index in [9.17, 15) is 9.59 Å². The number of carbonyl (C=O) groups is 2. The van der Waals surface area contributed by atoms with Gasteiger partial charge in [-0.1, -0.05) is 26.0 Å². The molecule has 3 N–H and O–H groups in total. The van der Waals surface area contributed by atoms with Crippen LogP contribution in [0.5, 0.6) is 0 Å². The molecule has 0 bridgehead atoms. The number of hydrogen-bond acceptors (Lipinski definition) is 2. The van der Waals surface area contributed by atoms with E-state index in [1.165, 1.54) is 5.56 Å². The summed E-state index contributed by atoms with van der Waals surface area (Å²) in [4.78, 5) is 23.2. The zero-order valence-corrected chi connectivity index (χ0v) is 13.5. The number of nitrogens with two attached hydrogens (primary N) is 1. The van der Waals surface area contributed by atoms with Crippen molar-refractivity contribution in [2.75, 3.05) is 6.54 Å². The molecule has 1 fully saturated rings. The molecule has 1 aromatic rings. The molecular weight excluding hydrogens is 276 g/mol. The highest BCUT2D eigenvalue weighted by Gasteiger charge is 2.27. The van der Waals surface area contributed by atoms with Crippen LogP contribution in [-0.2, 0) is 4.79 Å². The molecule has 22 heavy (non-hydrogen) atoms. The summed E-state index contributed by atoms with van der Waals surface area (Å²) < 4.78 is 0. The summed E-state index contributed by atoms with van der Waals surface area (Å²) in [5.74, 6) is 0.938. The van der Waals surface area contributed by atoms with Gasteiger partial charge >= 0.3 is 0 Å². The van der Waals surface area contributed by atoms with Gasteiger partial charge in [0.15, 0.2) is 0 Å². The minimum absolute atomic E-state index is 0.153. The first kappa shape index (κ1) is 16.5. The molecular formula is C18H26N2O2. The number of rotatable bonds is 5. The van der Waals surface area contributed by atoms with Crippen LogP contribution in [0.1, 0.15) is 61.4 Å². The van der Waals surface area contributed by atoms with E-state index in [1.807, 2.05) is 12.1 Å². The van der Waals surface area contributed by atoms with Crippen molar-refractivity contribution in [1.29, 1.82) is 0 Å². The fourth-order valence-corrected chi connectivity index (χ4v) is 3.06. The third-order valence-electron chi connectivity index (χ3n) is 4.45. The van der Waals surface area contributed by atoms with Crippen molar-refractivity contribution in [3.05, 3.63) is 35.4 Å². The largest absolute Gasteiger partial charge is 0.366 e. The van der Waals surface area contributed by atoms with Crippen LogP contribution in [0.25, 0.3) is 0 Å². The smallest absolute Gasteiger partial charge is 0.248 e. The second-order valence-corrected chi connectivity index (χ2v) is 6.67. The van der Waals surface area contributed by atoms with Crippen LogP contribution in [0.15, 0.2) is 24.3 Å². The van der Waals surface area contributed by atoms with Gasteiger partial charge in [0, 0.05) is 18.0 Å². The topological polar surface area (TPSA) is 72.2 Å². The fourth-order valence-electron chi connectivity index (χ4n) is 3.06. The van der Waals surface area contributed by atoms with Crippen LogP contribution in [-0.4, -0.2) is 18.4 Å². The van der Waals surface area contributed by atoms with E-state index in [0.29, 0.717) is 17.4 Å². The van der Waals surface area contributed by atoms with E-state index in [1.54, 1.807) is 12.1 Å². The molecule has 1 aromatic carbocycles. The van der Waals surface area contributed by atoms with Gasteiger partial charge in [0.2, 0.25) is 11.8 Å². The van der Waals surface area contributed by atoms with Crippen LogP contribution in [0.2, 0.25) is 0 Å². The average molecular weight is 302 g/mol. The van der Waals surface area contributed by atoms with Gasteiger partial charge in [-0.05, 0) is 55.2 Å². The van der Waals surface area contributed by atoms with Crippen molar-refractivity contribution in [3.63, 3.8) is 0 Å². The highest BCUT2D eigenvalue weighted by molar-refractivity contribution is 5.92. The fraction of sp³-hybridized carbons (Fsp3) is 0.556. The molecule has 0 spiro atoms. The summed E-state index contributed by atoms with van der Waals surface area (Å²) in [6.45, 7) is 4.97. The molecule has 0 aromatic heterocycles. The van der Waals surface area contributed by atoms with Crippen molar-refractivity contribution in [3.8, 4) is 0 Å². The van der Waals surface area contributed by atoms with Crippen molar-refractivity contribution >= 4 is 11.8 Å². The summed E-state index contributed by atoms with van der Waals surface area (Å²) in [5.41, 5.74) is 7.05. The van der Waals surface area contributed by atoms with E-state index in [-0.39, 0.29) is 11.8 Å². The van der Waals surface area contributed by atoms with E-state index in [0.717, 1.165) is 32.2 Å². The first-order valence-electron chi connectivity index (χ1n) is 8.15. The molecule has 1 aliphatic rings. The Morgan fingerprint density at radius 3 is 2.23 bits per heavy atom. The Morgan fingerprint density at radius 1 is 1.14 bits per heavy atom. The highest BCUT2D eigenvalue weighted by Crippen LogP contribution is 2.35. The minimum atomic E-state index is -0.392. The van der Waals surface area contributed by atoms with E-state index in [4.69, 9.17) is 5.73 Å². The lowest BCUT2D eigenvalue weighted by molar-refractivity contribution is -0.126. The molecule has 1 aliphatic carbocycles. The Labute approximate surface area is 132 Å². The number of amides is 2. The molecule has 0 atom stereocenters. The Balaban J connectivity index is 1.86. The predicted molar refractivity (Wildman–Crippen MR) is 87.5 cm³/mol. The first-order chi connectivity index (χ1) is 10.5. The lowest BCUT2D eigenvalue weighted by Gasteiger charge is -2.28. The average Bonchev–Trinajstić information content (AvgIpc) is 2.53. The molecule has 2 rings (SSSR count). The second-order valence-electron chi connectivity index (χ2n) is 6.67. The summed E-state index contributed by atoms with van der Waals surface area (Å²) in [6.07, 6.45) is 3.92. The Bertz CT molecular complexity index is 514. The quantitative estimate of drug-likeness (QED) is 0.878. The molecule has 4 nitrogen and oxygen atoms in total. The van der Waals surface area contributed by atoms with Crippen LogP contribution in [0.3, 0.4) is 0 Å². The molecule has 0 unspecified atom stereocenters. The highest BCUT2D eigenvalue weighted by atomic mass is 16.2. The van der Waals surface area contributed by atoms with Gasteiger partial charge in [0.05, 0.1) is 0 Å². The van der Waals surface area contributed by atoms with Crippen molar-refractivity contribution in [1.82, 2.24) is 5.32 Å². The Hall–Kier alpha value is -1.84. The molecule has 4 heteroatoms. The second kappa shape index (κ2) is 7.43. The van der Waals surface area contributed by atoms with Gasteiger partial charge in [-0.2, -0.15) is 0 Å². The zero-order chi connectivity index (χ0) is 16.1. The number of carbonyl (C=O) groups excluding carboxylic acids is 2. The molecule has 0 aliphatic heterocycles. The summed E-state index contributed by atoms with van der Waals surface area (Å²) >= 11 is 0. The minimum Gasteiger partial charge on any atom is -0.366 e. The maximum atomic E-state index is 12.1. The normalized spacial score (nSPS) is 21.6. The number of primary amides is 1. The van der Waals surface area contributed by atoms with Crippen molar-refractivity contribution < 1.29 is 9.59 Å². The van der Waals surface area contributed by atoms with Gasteiger partial charge in [-0.3, -0.25) is 9.59 Å². The number of benzene rings is 1. The first-order valence-corrected chi connectivity index (χ1v) is 8.15. The molecule has 2 amide bonds. The van der Waals surface area contributed by atoms with E-state index >= 15 is 0 Å². The molecule has 1 saturated carbocycles. The van der Waals surface area contributed by atoms with Gasteiger partial charge in [0.1, 0.15) is 0 Å². The maximum Gasteiger partial charge on any atom is 0.248 e. The SMILES string of the molecule is CC(C)CNC(=O)C1CCC(c2ccc(C(N)=O)cc2)CC1. The monoisotopic (exact) mass is 302 g/mol. The predicted octanol–water partition coefficient (Wildman–Crippen LogP) is 2.83. The third kappa shape index (κ3) is 4.33. The van der Waals surface area contributed by atoms with Crippen molar-refractivity contribution in [2.45, 2.75) is 45.4 Å². The molecule has 0 saturated heterocycles. The van der Waals surface area contributed by atoms with E-state index < -0.39 is 5.91 Å². The van der Waals surface area contributed by atoms with Crippen molar-refractivity contribution in [2.24, 2.45) is 17.6 Å². The Kier molecular flexibility index (Phi) is 5.58. The summed E-state index contributed by atoms with van der Waals surface area (Å²) in [5, 5.41) is 3.04. The van der Waals surface area contributed by atoms with Gasteiger partial charge < -0.3 is 11.1 Å². The number of nitrogens with one attached hydrogen (secondary N) is 1. The van der Waals surface area contributed by atoms with Crippen LogP contribution >= 0.6 is 0 Å². The lowest BCUT2D eigenvalue weighted by atomic mass is 9.78. The molecule has 0 heterocycles. The standard InChI is InChI=1S/C18H26N2O2/c1-12(2)11-20-18(22)16-9-5-14(6-10-16)13-3-7-15(8-4-13)17(19)21/h3-4,7-8,12,14,16H,5-6,9-11H2,1-2H3,(H2,19,21)(H,20,22). The molecule has 120 valence electrons. The molecule has 0 radical (unpaired) electrons. The van der Waals surface area contributed by atoms with Gasteiger partial charge in [-0.25, -0.2) is 0 Å². The Morgan fingerprint density at radius 2 is 1.73 bits per heavy atom.